The number of hydrogen-bond acceptors (Lipinski definition) is 3. The maximum atomic E-state index is 13.5. The minimum Gasteiger partial charge on any atom is -0.343 e. The van der Waals surface area contributed by atoms with E-state index in [2.05, 4.69) is 10.6 Å². The van der Waals surface area contributed by atoms with Gasteiger partial charge in [-0.25, -0.2) is 0 Å². The quantitative estimate of drug-likeness (QED) is 0.597. The first-order valence-electron chi connectivity index (χ1n) is 10.5. The highest BCUT2D eigenvalue weighted by atomic mass is 35.5. The summed E-state index contributed by atoms with van der Waals surface area (Å²) >= 11 is 24.8. The third kappa shape index (κ3) is 5.02. The van der Waals surface area contributed by atoms with E-state index in [1.54, 1.807) is 41.3 Å². The molecule has 2 amide bonds. The van der Waals surface area contributed by atoms with E-state index < -0.39 is 11.5 Å². The number of nitrogens with one attached hydrogen (secondary N) is 2. The number of rotatable bonds is 6. The molecule has 0 radical (unpaired) electrons. The zero-order valence-electron chi connectivity index (χ0n) is 17.3. The summed E-state index contributed by atoms with van der Waals surface area (Å²) in [6, 6.07) is 9.58. The molecule has 0 aromatic heterocycles. The molecule has 0 bridgehead atoms. The first kappa shape index (κ1) is 23.7. The Labute approximate surface area is 207 Å². The van der Waals surface area contributed by atoms with Gasteiger partial charge in [0.25, 0.3) is 0 Å². The fourth-order valence-electron chi connectivity index (χ4n) is 4.13. The van der Waals surface area contributed by atoms with Crippen molar-refractivity contribution < 1.29 is 9.59 Å². The van der Waals surface area contributed by atoms with Crippen LogP contribution < -0.4 is 10.6 Å². The smallest absolute Gasteiger partial charge is 0.245 e. The van der Waals surface area contributed by atoms with Gasteiger partial charge in [-0.15, -0.1) is 0 Å². The van der Waals surface area contributed by atoms with Crippen LogP contribution in [0.4, 0.5) is 0 Å². The lowest BCUT2D eigenvalue weighted by molar-refractivity contribution is -0.137. The monoisotopic (exact) mass is 513 g/mol. The highest BCUT2D eigenvalue weighted by Gasteiger charge is 2.53. The van der Waals surface area contributed by atoms with Gasteiger partial charge in [-0.1, -0.05) is 58.5 Å². The molecule has 9 heteroatoms. The van der Waals surface area contributed by atoms with Crippen LogP contribution in [0, 0.1) is 0 Å². The average molecular weight is 515 g/mol. The number of amides is 2. The average Bonchev–Trinajstić information content (AvgIpc) is 3.57. The third-order valence-corrected chi connectivity index (χ3v) is 7.24. The van der Waals surface area contributed by atoms with Gasteiger partial charge < -0.3 is 15.5 Å². The molecule has 2 aliphatic rings. The second kappa shape index (κ2) is 9.78. The summed E-state index contributed by atoms with van der Waals surface area (Å²) < 4.78 is 0. The van der Waals surface area contributed by atoms with Crippen molar-refractivity contribution in [3.63, 3.8) is 0 Å². The van der Waals surface area contributed by atoms with Gasteiger partial charge in [0.05, 0.1) is 5.41 Å². The molecule has 2 aromatic carbocycles. The summed E-state index contributed by atoms with van der Waals surface area (Å²) in [7, 11) is 0. The third-order valence-electron chi connectivity index (χ3n) is 6.10. The molecule has 4 rings (SSSR count). The maximum absolute atomic E-state index is 13.5. The lowest BCUT2D eigenvalue weighted by Crippen LogP contribution is -2.56. The van der Waals surface area contributed by atoms with Crippen LogP contribution in [0.3, 0.4) is 0 Å². The van der Waals surface area contributed by atoms with Crippen molar-refractivity contribution in [2.45, 2.75) is 30.7 Å². The number of carbonyl (C=O) groups excluding carboxylic acids is 2. The van der Waals surface area contributed by atoms with Crippen LogP contribution in [0.2, 0.25) is 20.1 Å². The molecule has 32 heavy (non-hydrogen) atoms. The zero-order chi connectivity index (χ0) is 22.9. The number of benzene rings is 2. The summed E-state index contributed by atoms with van der Waals surface area (Å²) in [5.74, 6) is -0.329. The Balaban J connectivity index is 1.59. The van der Waals surface area contributed by atoms with Crippen LogP contribution in [0.15, 0.2) is 36.4 Å². The zero-order valence-corrected chi connectivity index (χ0v) is 20.3. The van der Waals surface area contributed by atoms with E-state index in [1.165, 1.54) is 0 Å². The molecule has 0 unspecified atom stereocenters. The SMILES string of the molecule is O=C([C@H](Cc1ccc(Cl)cc1Cl)NC(=O)C1(c2ccc(Cl)cc2Cl)CC1)N1CCNCC1. The lowest BCUT2D eigenvalue weighted by Gasteiger charge is -2.32. The largest absolute Gasteiger partial charge is 0.343 e. The van der Waals surface area contributed by atoms with Crippen LogP contribution in [0.5, 0.6) is 0 Å². The van der Waals surface area contributed by atoms with Gasteiger partial charge in [-0.3, -0.25) is 9.59 Å². The molecule has 1 atom stereocenters. The van der Waals surface area contributed by atoms with Crippen LogP contribution in [-0.2, 0) is 21.4 Å². The number of nitrogens with zero attached hydrogens (tertiary/aromatic N) is 1. The first-order chi connectivity index (χ1) is 15.3. The molecule has 2 N–H and O–H groups in total. The Kier molecular flexibility index (Phi) is 7.23. The van der Waals surface area contributed by atoms with Crippen molar-refractivity contribution in [1.82, 2.24) is 15.5 Å². The summed E-state index contributed by atoms with van der Waals surface area (Å²) in [6.45, 7) is 2.62. The highest BCUT2D eigenvalue weighted by Crippen LogP contribution is 2.51. The molecule has 1 heterocycles. The molecule has 5 nitrogen and oxygen atoms in total. The van der Waals surface area contributed by atoms with Crippen molar-refractivity contribution in [2.75, 3.05) is 26.2 Å². The normalized spacial score (nSPS) is 18.2. The minimum absolute atomic E-state index is 0.121. The number of halogens is 4. The fourth-order valence-corrected chi connectivity index (χ4v) is 5.21. The predicted molar refractivity (Wildman–Crippen MR) is 129 cm³/mol. The van der Waals surface area contributed by atoms with Crippen LogP contribution in [0.1, 0.15) is 24.0 Å². The van der Waals surface area contributed by atoms with Crippen molar-refractivity contribution in [3.05, 3.63) is 67.6 Å². The van der Waals surface area contributed by atoms with E-state index >= 15 is 0 Å². The van der Waals surface area contributed by atoms with Crippen LogP contribution in [-0.4, -0.2) is 48.9 Å². The summed E-state index contributed by atoms with van der Waals surface area (Å²) in [5.41, 5.74) is 0.742. The molecular weight excluding hydrogens is 492 g/mol. The Morgan fingerprint density at radius 1 is 0.969 bits per heavy atom. The van der Waals surface area contributed by atoms with E-state index in [9.17, 15) is 9.59 Å². The van der Waals surface area contributed by atoms with E-state index in [1.807, 2.05) is 0 Å². The molecule has 170 valence electrons. The number of piperazine rings is 1. The molecule has 2 aromatic rings. The lowest BCUT2D eigenvalue weighted by atomic mass is 9.93. The molecule has 2 fully saturated rings. The molecule has 1 saturated carbocycles. The number of hydrogen-bond donors (Lipinski definition) is 2. The Bertz CT molecular complexity index is 1040. The van der Waals surface area contributed by atoms with E-state index in [0.29, 0.717) is 46.0 Å². The van der Waals surface area contributed by atoms with Crippen LogP contribution in [0.25, 0.3) is 0 Å². The van der Waals surface area contributed by atoms with Gasteiger partial charge in [0.2, 0.25) is 11.8 Å². The van der Waals surface area contributed by atoms with Gasteiger partial charge >= 0.3 is 0 Å². The molecule has 1 aliphatic heterocycles. The Hall–Kier alpha value is -1.50. The van der Waals surface area contributed by atoms with Crippen molar-refractivity contribution in [2.24, 2.45) is 0 Å². The predicted octanol–water partition coefficient (Wildman–Crippen LogP) is 4.49. The van der Waals surface area contributed by atoms with Gasteiger partial charge in [0.15, 0.2) is 0 Å². The first-order valence-corrected chi connectivity index (χ1v) is 12.0. The maximum Gasteiger partial charge on any atom is 0.245 e. The van der Waals surface area contributed by atoms with Crippen molar-refractivity contribution >= 4 is 58.2 Å². The van der Waals surface area contributed by atoms with Crippen LogP contribution >= 0.6 is 46.4 Å². The van der Waals surface area contributed by atoms with E-state index in [-0.39, 0.29) is 18.2 Å². The summed E-state index contributed by atoms with van der Waals surface area (Å²) in [6.07, 6.45) is 1.60. The fraction of sp³-hybridized carbons (Fsp3) is 0.391. The minimum atomic E-state index is -0.747. The second-order valence-corrected chi connectivity index (χ2v) is 9.93. The summed E-state index contributed by atoms with van der Waals surface area (Å²) in [5, 5.41) is 8.20. The molecule has 1 saturated heterocycles. The van der Waals surface area contributed by atoms with Gasteiger partial charge in [0.1, 0.15) is 6.04 Å². The number of carbonyl (C=O) groups is 2. The molecular formula is C23H23Cl4N3O2. The van der Waals surface area contributed by atoms with E-state index in [4.69, 9.17) is 46.4 Å². The van der Waals surface area contributed by atoms with Crippen molar-refractivity contribution in [3.8, 4) is 0 Å². The van der Waals surface area contributed by atoms with Gasteiger partial charge in [-0.05, 0) is 48.2 Å². The topological polar surface area (TPSA) is 61.4 Å². The highest BCUT2D eigenvalue weighted by molar-refractivity contribution is 6.35. The van der Waals surface area contributed by atoms with Gasteiger partial charge in [0, 0.05) is 52.7 Å². The van der Waals surface area contributed by atoms with E-state index in [0.717, 1.165) is 24.2 Å². The Morgan fingerprint density at radius 3 is 2.19 bits per heavy atom. The van der Waals surface area contributed by atoms with Gasteiger partial charge in [-0.2, -0.15) is 0 Å². The molecule has 1 aliphatic carbocycles. The Morgan fingerprint density at radius 2 is 1.59 bits per heavy atom. The molecule has 0 spiro atoms. The van der Waals surface area contributed by atoms with Crippen molar-refractivity contribution in [1.29, 1.82) is 0 Å². The standard InChI is InChI=1S/C23H23Cl4N3O2/c24-15-2-1-14(18(26)12-15)11-20(21(31)30-9-7-28-8-10-30)29-22(32)23(5-6-23)17-4-3-16(25)13-19(17)27/h1-4,12-13,20,28H,5-11H2,(H,29,32)/t20-/m0/s1. The summed E-state index contributed by atoms with van der Waals surface area (Å²) in [4.78, 5) is 28.6. The second-order valence-electron chi connectivity index (χ2n) is 8.25.